The molecule has 0 bridgehead atoms. The summed E-state index contributed by atoms with van der Waals surface area (Å²) in [7, 11) is 5.11. The normalized spacial score (nSPS) is 17.3. The number of amidine groups is 1. The van der Waals surface area contributed by atoms with Crippen molar-refractivity contribution in [2.75, 3.05) is 27.8 Å². The molecule has 0 saturated carbocycles. The number of methoxy groups -OCH3 is 1. The molecule has 190 valence electrons. The van der Waals surface area contributed by atoms with Crippen molar-refractivity contribution in [2.45, 2.75) is 20.4 Å². The number of nitrogens with one attached hydrogen (secondary N) is 2. The van der Waals surface area contributed by atoms with Crippen molar-refractivity contribution in [2.24, 2.45) is 32.4 Å². The third-order valence-electron chi connectivity index (χ3n) is 5.48. The molecule has 0 spiro atoms. The average Bonchev–Trinajstić information content (AvgIpc) is 3.34. The zero-order valence-electron chi connectivity index (χ0n) is 21.5. The van der Waals surface area contributed by atoms with Gasteiger partial charge in [0.2, 0.25) is 0 Å². The summed E-state index contributed by atoms with van der Waals surface area (Å²) in [4.78, 5) is 12.9. The lowest BCUT2D eigenvalue weighted by Crippen LogP contribution is -2.27. The van der Waals surface area contributed by atoms with E-state index in [2.05, 4.69) is 44.6 Å². The molecular weight excluding hydrogens is 454 g/mol. The van der Waals surface area contributed by atoms with E-state index in [-0.39, 0.29) is 5.92 Å². The second kappa shape index (κ2) is 12.5. The molecule has 36 heavy (non-hydrogen) atoms. The smallest absolute Gasteiger partial charge is 0.132 e. The van der Waals surface area contributed by atoms with Gasteiger partial charge in [0.1, 0.15) is 11.7 Å². The molecule has 1 aromatic rings. The van der Waals surface area contributed by atoms with Gasteiger partial charge in [-0.1, -0.05) is 13.8 Å². The monoisotopic (exact) mass is 489 g/mol. The highest BCUT2D eigenvalue weighted by Crippen LogP contribution is 2.26. The Morgan fingerprint density at radius 3 is 2.64 bits per heavy atom. The third-order valence-corrected chi connectivity index (χ3v) is 5.48. The summed E-state index contributed by atoms with van der Waals surface area (Å²) in [5.41, 5.74) is 18.5. The number of nitrogens with zero attached hydrogens (tertiary/aromatic N) is 5. The van der Waals surface area contributed by atoms with Crippen LogP contribution in [-0.4, -0.2) is 55.9 Å². The number of fused-ring (bicyclic) bond motifs is 1. The number of ether oxygens (including phenoxy) is 1. The summed E-state index contributed by atoms with van der Waals surface area (Å²) >= 11 is 0. The van der Waals surface area contributed by atoms with E-state index in [9.17, 15) is 0 Å². The molecule has 3 heterocycles. The number of aliphatic imine (C=N–C) groups is 3. The summed E-state index contributed by atoms with van der Waals surface area (Å²) in [6, 6.07) is 0. The van der Waals surface area contributed by atoms with Gasteiger partial charge in [-0.05, 0) is 35.8 Å². The molecule has 0 amide bonds. The van der Waals surface area contributed by atoms with Gasteiger partial charge in [-0.3, -0.25) is 14.7 Å². The highest BCUT2D eigenvalue weighted by atomic mass is 16.5. The molecule has 0 unspecified atom stereocenters. The first-order valence-corrected chi connectivity index (χ1v) is 11.7. The van der Waals surface area contributed by atoms with E-state index in [1.807, 2.05) is 36.7 Å². The highest BCUT2D eigenvalue weighted by Gasteiger charge is 2.19. The fourth-order valence-corrected chi connectivity index (χ4v) is 3.55. The van der Waals surface area contributed by atoms with E-state index in [0.717, 1.165) is 33.7 Å². The van der Waals surface area contributed by atoms with E-state index in [4.69, 9.17) is 16.2 Å². The summed E-state index contributed by atoms with van der Waals surface area (Å²) < 4.78 is 6.93. The highest BCUT2D eigenvalue weighted by molar-refractivity contribution is 5.98. The van der Waals surface area contributed by atoms with E-state index < -0.39 is 0 Å². The Kier molecular flexibility index (Phi) is 9.18. The van der Waals surface area contributed by atoms with Gasteiger partial charge < -0.3 is 26.8 Å². The molecule has 0 saturated heterocycles. The lowest BCUT2D eigenvalue weighted by atomic mass is 9.99. The number of hydrogen-bond acceptors (Lipinski definition) is 8. The second-order valence-corrected chi connectivity index (χ2v) is 8.48. The van der Waals surface area contributed by atoms with Gasteiger partial charge in [0.25, 0.3) is 0 Å². The van der Waals surface area contributed by atoms with Crippen molar-refractivity contribution < 1.29 is 4.74 Å². The van der Waals surface area contributed by atoms with Crippen LogP contribution in [0.2, 0.25) is 0 Å². The minimum absolute atomic E-state index is 0.281. The van der Waals surface area contributed by atoms with Crippen molar-refractivity contribution in [3.63, 3.8) is 0 Å². The molecule has 0 radical (unpaired) electrons. The van der Waals surface area contributed by atoms with Crippen molar-refractivity contribution in [3.8, 4) is 0 Å². The summed E-state index contributed by atoms with van der Waals surface area (Å²) in [5.74, 6) is 1.30. The van der Waals surface area contributed by atoms with Gasteiger partial charge in [-0.2, -0.15) is 5.10 Å². The first-order valence-electron chi connectivity index (χ1n) is 11.7. The van der Waals surface area contributed by atoms with Gasteiger partial charge in [-0.25, -0.2) is 4.99 Å². The Bertz CT molecular complexity index is 1230. The Morgan fingerprint density at radius 1 is 1.17 bits per heavy atom. The Balaban J connectivity index is 1.87. The van der Waals surface area contributed by atoms with Crippen molar-refractivity contribution in [1.82, 2.24) is 20.4 Å². The molecule has 1 aromatic heterocycles. The van der Waals surface area contributed by atoms with Crippen LogP contribution < -0.4 is 22.1 Å². The number of rotatable bonds is 10. The maximum Gasteiger partial charge on any atom is 0.132 e. The Morgan fingerprint density at radius 2 is 1.94 bits per heavy atom. The third kappa shape index (κ3) is 6.70. The SMILES string of the molecule is CN=CC(=CC(N)=NC1=CC=C2NC=C(C(C=NC)=C(N)c3cnn(CCOC)c3)C=C2N1)C(C)C. The van der Waals surface area contributed by atoms with Crippen LogP contribution in [0.5, 0.6) is 0 Å². The van der Waals surface area contributed by atoms with Crippen molar-refractivity contribution >= 4 is 24.0 Å². The number of aromatic nitrogens is 2. The molecular formula is C26H35N9O. The Labute approximate surface area is 212 Å². The first kappa shape index (κ1) is 26.4. The molecule has 0 fully saturated rings. The Hall–Kier alpha value is -4.18. The number of allylic oxidation sites excluding steroid dienone is 6. The van der Waals surface area contributed by atoms with Gasteiger partial charge >= 0.3 is 0 Å². The molecule has 10 nitrogen and oxygen atoms in total. The summed E-state index contributed by atoms with van der Waals surface area (Å²) in [5, 5.41) is 11.0. The number of nitrogens with two attached hydrogens (primary N) is 2. The van der Waals surface area contributed by atoms with Crippen LogP contribution in [0, 0.1) is 5.92 Å². The predicted octanol–water partition coefficient (Wildman–Crippen LogP) is 2.24. The second-order valence-electron chi connectivity index (χ2n) is 8.48. The minimum Gasteiger partial charge on any atom is -0.398 e. The number of dihydropyridines is 2. The van der Waals surface area contributed by atoms with E-state index in [0.29, 0.717) is 30.5 Å². The van der Waals surface area contributed by atoms with Gasteiger partial charge in [-0.15, -0.1) is 0 Å². The molecule has 6 N–H and O–H groups in total. The largest absolute Gasteiger partial charge is 0.398 e. The average molecular weight is 490 g/mol. The van der Waals surface area contributed by atoms with E-state index in [1.165, 1.54) is 0 Å². The lowest BCUT2D eigenvalue weighted by Gasteiger charge is -2.24. The molecule has 2 aliphatic rings. The zero-order chi connectivity index (χ0) is 26.1. The van der Waals surface area contributed by atoms with Crippen LogP contribution >= 0.6 is 0 Å². The molecule has 3 rings (SSSR count). The van der Waals surface area contributed by atoms with Crippen molar-refractivity contribution in [3.05, 3.63) is 82.4 Å². The fourth-order valence-electron chi connectivity index (χ4n) is 3.55. The van der Waals surface area contributed by atoms with Crippen LogP contribution in [0.25, 0.3) is 5.70 Å². The van der Waals surface area contributed by atoms with Crippen LogP contribution in [0.15, 0.2) is 91.8 Å². The van der Waals surface area contributed by atoms with Gasteiger partial charge in [0.15, 0.2) is 0 Å². The molecule has 2 aliphatic heterocycles. The molecule has 0 atom stereocenters. The minimum atomic E-state index is 0.281. The first-order chi connectivity index (χ1) is 17.4. The van der Waals surface area contributed by atoms with Crippen LogP contribution in [0.3, 0.4) is 0 Å². The van der Waals surface area contributed by atoms with Crippen LogP contribution in [-0.2, 0) is 11.3 Å². The maximum absolute atomic E-state index is 6.56. The quantitative estimate of drug-likeness (QED) is 0.293. The predicted molar refractivity (Wildman–Crippen MR) is 147 cm³/mol. The topological polar surface area (TPSA) is 140 Å². The number of hydrogen-bond donors (Lipinski definition) is 4. The van der Waals surface area contributed by atoms with E-state index >= 15 is 0 Å². The molecule has 0 aliphatic carbocycles. The van der Waals surface area contributed by atoms with E-state index in [1.54, 1.807) is 44.5 Å². The zero-order valence-corrected chi connectivity index (χ0v) is 21.5. The standard InChI is InChI=1S/C26H35N9O/c1-17(2)18(12-29-3)11-24(27)34-25-7-6-22-23(33-25)10-19(13-31-22)21(15-30-4)26(28)20-14-32-35(16-20)8-9-36-5/h6-7,10-17,31,33H,8-9,28H2,1-5H3,(H2,27,34). The van der Waals surface area contributed by atoms with Gasteiger partial charge in [0, 0.05) is 62.7 Å². The lowest BCUT2D eigenvalue weighted by molar-refractivity contribution is 0.183. The summed E-state index contributed by atoms with van der Waals surface area (Å²) in [6.45, 7) is 5.38. The molecule has 0 aromatic carbocycles. The van der Waals surface area contributed by atoms with Gasteiger partial charge in [0.05, 0.1) is 36.4 Å². The fraction of sp³-hybridized carbons (Fsp3) is 0.308. The van der Waals surface area contributed by atoms with Crippen LogP contribution in [0.1, 0.15) is 19.4 Å². The maximum atomic E-state index is 6.56. The summed E-state index contributed by atoms with van der Waals surface area (Å²) in [6.07, 6.45) is 16.7. The molecule has 10 heteroatoms. The van der Waals surface area contributed by atoms with Crippen molar-refractivity contribution in [1.29, 1.82) is 0 Å². The van der Waals surface area contributed by atoms with Crippen LogP contribution in [0.4, 0.5) is 0 Å².